The van der Waals surface area contributed by atoms with Crippen molar-refractivity contribution in [2.24, 2.45) is 7.05 Å². The van der Waals surface area contributed by atoms with Crippen LogP contribution in [0.1, 0.15) is 18.5 Å². The summed E-state index contributed by atoms with van der Waals surface area (Å²) in [5.41, 5.74) is 0.971. The zero-order valence-electron chi connectivity index (χ0n) is 10.6. The Balaban J connectivity index is 1.93. The normalized spacial score (nSPS) is 23.8. The van der Waals surface area contributed by atoms with Crippen molar-refractivity contribution in [3.63, 3.8) is 0 Å². The molecule has 3 heterocycles. The van der Waals surface area contributed by atoms with E-state index >= 15 is 0 Å². The summed E-state index contributed by atoms with van der Waals surface area (Å²) in [6.45, 7) is 2.75. The minimum atomic E-state index is -0.270. The number of piperazine rings is 1. The maximum absolute atomic E-state index is 12.4. The van der Waals surface area contributed by atoms with E-state index < -0.39 is 0 Å². The van der Waals surface area contributed by atoms with Crippen LogP contribution >= 0.6 is 0 Å². The molecule has 2 saturated heterocycles. The number of anilines is 1. The minimum absolute atomic E-state index is 0.00481. The van der Waals surface area contributed by atoms with Gasteiger partial charge in [0.05, 0.1) is 0 Å². The van der Waals surface area contributed by atoms with E-state index in [1.165, 1.54) is 4.90 Å². The van der Waals surface area contributed by atoms with Crippen LogP contribution in [0.15, 0.2) is 6.07 Å². The first-order valence-corrected chi connectivity index (χ1v) is 6.19. The SMILES string of the molecule is Cc1cc(N2CC(=O)N3CCCC3C2=O)nn1C. The van der Waals surface area contributed by atoms with Gasteiger partial charge in [0, 0.05) is 25.4 Å². The molecule has 1 atom stereocenters. The molecule has 1 aromatic rings. The average molecular weight is 248 g/mol. The van der Waals surface area contributed by atoms with Crippen LogP contribution in [0.4, 0.5) is 5.82 Å². The van der Waals surface area contributed by atoms with Crippen molar-refractivity contribution in [3.8, 4) is 0 Å². The van der Waals surface area contributed by atoms with Crippen LogP contribution < -0.4 is 4.90 Å². The van der Waals surface area contributed by atoms with Crippen molar-refractivity contribution < 1.29 is 9.59 Å². The number of nitrogens with zero attached hydrogens (tertiary/aromatic N) is 4. The van der Waals surface area contributed by atoms with Crippen LogP contribution in [-0.2, 0) is 16.6 Å². The van der Waals surface area contributed by atoms with Crippen LogP contribution in [0.2, 0.25) is 0 Å². The molecular formula is C12H16N4O2. The summed E-state index contributed by atoms with van der Waals surface area (Å²) in [6.07, 6.45) is 1.68. The third-order valence-electron chi connectivity index (χ3n) is 3.80. The highest BCUT2D eigenvalue weighted by Crippen LogP contribution is 2.26. The highest BCUT2D eigenvalue weighted by atomic mass is 16.2. The first-order chi connectivity index (χ1) is 8.58. The number of carbonyl (C=O) groups excluding carboxylic acids is 2. The molecule has 2 aliphatic rings. The minimum Gasteiger partial charge on any atom is -0.329 e. The first-order valence-electron chi connectivity index (χ1n) is 6.19. The first kappa shape index (κ1) is 11.3. The van der Waals surface area contributed by atoms with Crippen LogP contribution in [0, 0.1) is 6.92 Å². The number of carbonyl (C=O) groups is 2. The van der Waals surface area contributed by atoms with E-state index in [2.05, 4.69) is 5.10 Å². The van der Waals surface area contributed by atoms with Gasteiger partial charge in [-0.15, -0.1) is 0 Å². The molecule has 2 fully saturated rings. The highest BCUT2D eigenvalue weighted by molar-refractivity contribution is 6.06. The van der Waals surface area contributed by atoms with Crippen LogP contribution in [-0.4, -0.2) is 45.6 Å². The van der Waals surface area contributed by atoms with Gasteiger partial charge in [0.25, 0.3) is 5.91 Å². The Morgan fingerprint density at radius 1 is 1.39 bits per heavy atom. The van der Waals surface area contributed by atoms with Gasteiger partial charge in [0.1, 0.15) is 12.6 Å². The number of aromatic nitrogens is 2. The smallest absolute Gasteiger partial charge is 0.251 e. The molecule has 0 aliphatic carbocycles. The predicted molar refractivity (Wildman–Crippen MR) is 65.0 cm³/mol. The van der Waals surface area contributed by atoms with Crippen molar-refractivity contribution in [2.45, 2.75) is 25.8 Å². The van der Waals surface area contributed by atoms with Gasteiger partial charge >= 0.3 is 0 Å². The molecule has 0 saturated carbocycles. The summed E-state index contributed by atoms with van der Waals surface area (Å²) in [4.78, 5) is 27.6. The van der Waals surface area contributed by atoms with Crippen LogP contribution in [0.3, 0.4) is 0 Å². The molecule has 2 aliphatic heterocycles. The third-order valence-corrected chi connectivity index (χ3v) is 3.80. The van der Waals surface area contributed by atoms with Gasteiger partial charge < -0.3 is 4.90 Å². The average Bonchev–Trinajstić information content (AvgIpc) is 2.92. The predicted octanol–water partition coefficient (Wildman–Crippen LogP) is 0.0661. The van der Waals surface area contributed by atoms with E-state index in [-0.39, 0.29) is 24.4 Å². The molecule has 0 spiro atoms. The lowest BCUT2D eigenvalue weighted by atomic mass is 10.1. The van der Waals surface area contributed by atoms with Gasteiger partial charge in [-0.1, -0.05) is 0 Å². The molecular weight excluding hydrogens is 232 g/mol. The number of hydrogen-bond acceptors (Lipinski definition) is 3. The largest absolute Gasteiger partial charge is 0.329 e. The Kier molecular flexibility index (Phi) is 2.39. The van der Waals surface area contributed by atoms with Gasteiger partial charge in [0.2, 0.25) is 5.91 Å². The van der Waals surface area contributed by atoms with E-state index in [1.807, 2.05) is 20.0 Å². The maximum atomic E-state index is 12.4. The van der Waals surface area contributed by atoms with Crippen molar-refractivity contribution in [3.05, 3.63) is 11.8 Å². The number of rotatable bonds is 1. The fourth-order valence-electron chi connectivity index (χ4n) is 2.67. The maximum Gasteiger partial charge on any atom is 0.251 e. The molecule has 0 aromatic carbocycles. The van der Waals surface area contributed by atoms with Gasteiger partial charge in [-0.3, -0.25) is 19.2 Å². The lowest BCUT2D eigenvalue weighted by Crippen LogP contribution is -2.57. The topological polar surface area (TPSA) is 58.4 Å². The van der Waals surface area contributed by atoms with Gasteiger partial charge in [-0.25, -0.2) is 0 Å². The van der Waals surface area contributed by atoms with E-state index in [0.717, 1.165) is 18.5 Å². The monoisotopic (exact) mass is 248 g/mol. The molecule has 6 heteroatoms. The third kappa shape index (κ3) is 1.52. The molecule has 0 radical (unpaired) electrons. The molecule has 3 rings (SSSR count). The zero-order valence-corrected chi connectivity index (χ0v) is 10.6. The van der Waals surface area contributed by atoms with Gasteiger partial charge in [-0.05, 0) is 19.8 Å². The number of fused-ring (bicyclic) bond motifs is 1. The van der Waals surface area contributed by atoms with Crippen molar-refractivity contribution in [2.75, 3.05) is 18.0 Å². The molecule has 18 heavy (non-hydrogen) atoms. The quantitative estimate of drug-likeness (QED) is 0.706. The lowest BCUT2D eigenvalue weighted by Gasteiger charge is -2.35. The van der Waals surface area contributed by atoms with E-state index in [0.29, 0.717) is 12.4 Å². The van der Waals surface area contributed by atoms with E-state index in [1.54, 1.807) is 9.58 Å². The Morgan fingerprint density at radius 2 is 2.17 bits per heavy atom. The second-order valence-corrected chi connectivity index (χ2v) is 4.94. The number of amides is 2. The fraction of sp³-hybridized carbons (Fsp3) is 0.583. The van der Waals surface area contributed by atoms with Crippen LogP contribution in [0.5, 0.6) is 0 Å². The lowest BCUT2D eigenvalue weighted by molar-refractivity contribution is -0.140. The zero-order chi connectivity index (χ0) is 12.9. The standard InChI is InChI=1S/C12H16N4O2/c1-8-6-10(13-14(8)2)16-7-11(17)15-5-3-4-9(15)12(16)18/h6,9H,3-5,7H2,1-2H3. The van der Waals surface area contributed by atoms with Gasteiger partial charge in [0.15, 0.2) is 5.82 Å². The molecule has 1 unspecified atom stereocenters. The second kappa shape index (κ2) is 3.83. The summed E-state index contributed by atoms with van der Waals surface area (Å²) >= 11 is 0. The molecule has 6 nitrogen and oxygen atoms in total. The van der Waals surface area contributed by atoms with Crippen molar-refractivity contribution in [1.82, 2.24) is 14.7 Å². The molecule has 2 amide bonds. The second-order valence-electron chi connectivity index (χ2n) is 4.94. The van der Waals surface area contributed by atoms with Gasteiger partial charge in [-0.2, -0.15) is 5.10 Å². The van der Waals surface area contributed by atoms with E-state index in [9.17, 15) is 9.59 Å². The van der Waals surface area contributed by atoms with E-state index in [4.69, 9.17) is 0 Å². The summed E-state index contributed by atoms with van der Waals surface area (Å²) < 4.78 is 1.72. The Bertz CT molecular complexity index is 503. The van der Waals surface area contributed by atoms with Crippen molar-refractivity contribution >= 4 is 17.6 Å². The summed E-state index contributed by atoms with van der Waals surface area (Å²) in [5, 5.41) is 4.28. The number of aryl methyl sites for hydroxylation is 2. The highest BCUT2D eigenvalue weighted by Gasteiger charge is 2.43. The summed E-state index contributed by atoms with van der Waals surface area (Å²) in [5.74, 6) is 0.616. The summed E-state index contributed by atoms with van der Waals surface area (Å²) in [7, 11) is 1.83. The fourth-order valence-corrected chi connectivity index (χ4v) is 2.67. The summed E-state index contributed by atoms with van der Waals surface area (Å²) in [6, 6.07) is 1.57. The molecule has 96 valence electrons. The Hall–Kier alpha value is -1.85. The Labute approximate surface area is 105 Å². The van der Waals surface area contributed by atoms with Crippen LogP contribution in [0.25, 0.3) is 0 Å². The Morgan fingerprint density at radius 3 is 2.83 bits per heavy atom. The molecule has 0 N–H and O–H groups in total. The molecule has 1 aromatic heterocycles. The number of hydrogen-bond donors (Lipinski definition) is 0. The van der Waals surface area contributed by atoms with Crippen molar-refractivity contribution in [1.29, 1.82) is 0 Å². The molecule has 0 bridgehead atoms.